The highest BCUT2D eigenvalue weighted by atomic mass is 16.5. The lowest BCUT2D eigenvalue weighted by molar-refractivity contribution is -0.165. The number of aliphatic hydroxyl groups is 2. The van der Waals surface area contributed by atoms with Crippen molar-refractivity contribution in [2.24, 2.45) is 11.3 Å². The molecule has 1 aromatic rings. The summed E-state index contributed by atoms with van der Waals surface area (Å²) in [6.45, 7) is 7.33. The van der Waals surface area contributed by atoms with Crippen molar-refractivity contribution in [2.75, 3.05) is 32.8 Å². The van der Waals surface area contributed by atoms with Crippen LogP contribution in [0.3, 0.4) is 0 Å². The minimum absolute atomic E-state index is 0.0859. The number of piperidine rings is 1. The van der Waals surface area contributed by atoms with Crippen LogP contribution in [0.4, 0.5) is 0 Å². The second-order valence-electron chi connectivity index (χ2n) is 10.5. The number of carbonyl (C=O) groups excluding carboxylic acids is 2. The zero-order chi connectivity index (χ0) is 24.6. The largest absolute Gasteiger partial charge is 0.462 e. The summed E-state index contributed by atoms with van der Waals surface area (Å²) in [5, 5.41) is 20.8. The molecule has 2 aliphatic heterocycles. The molecule has 0 radical (unpaired) electrons. The molecular formula is C27H42N2O5. The van der Waals surface area contributed by atoms with Crippen molar-refractivity contribution in [3.63, 3.8) is 0 Å². The van der Waals surface area contributed by atoms with E-state index in [0.29, 0.717) is 32.4 Å². The average molecular weight is 475 g/mol. The van der Waals surface area contributed by atoms with Gasteiger partial charge in [0.2, 0.25) is 5.91 Å². The van der Waals surface area contributed by atoms with Crippen molar-refractivity contribution in [1.82, 2.24) is 9.80 Å². The van der Waals surface area contributed by atoms with E-state index in [1.807, 2.05) is 36.9 Å². The van der Waals surface area contributed by atoms with Gasteiger partial charge in [-0.2, -0.15) is 0 Å². The van der Waals surface area contributed by atoms with Crippen molar-refractivity contribution in [1.29, 1.82) is 0 Å². The number of cyclic esters (lactones) is 1. The van der Waals surface area contributed by atoms with E-state index in [1.165, 1.54) is 5.56 Å². The van der Waals surface area contributed by atoms with E-state index in [2.05, 4.69) is 17.0 Å². The van der Waals surface area contributed by atoms with Crippen LogP contribution in [0.5, 0.6) is 0 Å². The molecule has 190 valence electrons. The number of amides is 1. The molecule has 0 saturated carbocycles. The fourth-order valence-electron chi connectivity index (χ4n) is 5.05. The number of carbonyl (C=O) groups is 2. The van der Waals surface area contributed by atoms with Crippen molar-refractivity contribution >= 4 is 11.9 Å². The fraction of sp³-hybridized carbons (Fsp3) is 0.704. The number of benzene rings is 1. The molecule has 2 aliphatic rings. The average Bonchev–Trinajstić information content (AvgIpc) is 2.83. The molecule has 0 unspecified atom stereocenters. The first-order valence-electron chi connectivity index (χ1n) is 12.9. The molecule has 2 saturated heterocycles. The molecule has 2 N–H and O–H groups in total. The van der Waals surface area contributed by atoms with E-state index >= 15 is 0 Å². The third kappa shape index (κ3) is 7.52. The van der Waals surface area contributed by atoms with Gasteiger partial charge < -0.3 is 19.8 Å². The Labute approximate surface area is 204 Å². The molecule has 2 fully saturated rings. The zero-order valence-electron chi connectivity index (χ0n) is 20.8. The molecule has 2 atom stereocenters. The highest BCUT2D eigenvalue weighted by Gasteiger charge is 2.42. The van der Waals surface area contributed by atoms with E-state index in [-0.39, 0.29) is 30.8 Å². The van der Waals surface area contributed by atoms with Gasteiger partial charge in [-0.15, -0.1) is 0 Å². The first kappa shape index (κ1) is 26.6. The molecule has 0 aliphatic carbocycles. The zero-order valence-corrected chi connectivity index (χ0v) is 20.8. The SMILES string of the molecule is CC(C)CC(=O)N1CCCCC2(CCN(Cc3ccccc3)CC2)C(=O)OC[C@@H](O)[C@@H](O)CC1. The Kier molecular flexibility index (Phi) is 9.92. The number of hydrogen-bond acceptors (Lipinski definition) is 6. The molecule has 1 spiro atoms. The predicted molar refractivity (Wildman–Crippen MR) is 131 cm³/mol. The maximum absolute atomic E-state index is 13.2. The van der Waals surface area contributed by atoms with Crippen LogP contribution in [0.1, 0.15) is 64.4 Å². The number of nitrogens with zero attached hydrogens (tertiary/aromatic N) is 2. The molecule has 3 rings (SSSR count). The predicted octanol–water partition coefficient (Wildman–Crippen LogP) is 2.98. The van der Waals surface area contributed by atoms with Crippen molar-refractivity contribution in [3.05, 3.63) is 35.9 Å². The quantitative estimate of drug-likeness (QED) is 0.652. The van der Waals surface area contributed by atoms with Gasteiger partial charge in [0.1, 0.15) is 12.7 Å². The minimum atomic E-state index is -1.15. The summed E-state index contributed by atoms with van der Waals surface area (Å²) in [6.07, 6.45) is 2.35. The summed E-state index contributed by atoms with van der Waals surface area (Å²) >= 11 is 0. The van der Waals surface area contributed by atoms with Crippen LogP contribution >= 0.6 is 0 Å². The van der Waals surface area contributed by atoms with Gasteiger partial charge in [-0.25, -0.2) is 0 Å². The highest BCUT2D eigenvalue weighted by Crippen LogP contribution is 2.38. The Morgan fingerprint density at radius 2 is 1.74 bits per heavy atom. The molecule has 0 bridgehead atoms. The molecule has 7 nitrogen and oxygen atoms in total. The van der Waals surface area contributed by atoms with Crippen LogP contribution in [-0.4, -0.2) is 76.9 Å². The standard InChI is InChI=1S/C27H42N2O5/c1-21(2)18-25(32)29-14-7-6-11-27(26(33)34-20-24(31)23(30)10-15-29)12-16-28(17-13-27)19-22-8-4-3-5-9-22/h3-5,8-9,21,23-24,30-31H,6-7,10-20H2,1-2H3/t23-,24+/m0/s1. The van der Waals surface area contributed by atoms with E-state index in [4.69, 9.17) is 4.74 Å². The lowest BCUT2D eigenvalue weighted by Gasteiger charge is -2.40. The van der Waals surface area contributed by atoms with Crippen LogP contribution in [-0.2, 0) is 20.9 Å². The van der Waals surface area contributed by atoms with Crippen LogP contribution in [0.25, 0.3) is 0 Å². The summed E-state index contributed by atoms with van der Waals surface area (Å²) in [6, 6.07) is 10.3. The second kappa shape index (κ2) is 12.7. The van der Waals surface area contributed by atoms with Crippen LogP contribution in [0.2, 0.25) is 0 Å². The van der Waals surface area contributed by atoms with Crippen molar-refractivity contribution < 1.29 is 24.5 Å². The van der Waals surface area contributed by atoms with E-state index < -0.39 is 17.6 Å². The third-order valence-electron chi connectivity index (χ3n) is 7.29. The maximum atomic E-state index is 13.2. The Hall–Kier alpha value is -1.96. The first-order chi connectivity index (χ1) is 16.3. The Bertz CT molecular complexity index is 776. The third-order valence-corrected chi connectivity index (χ3v) is 7.29. The van der Waals surface area contributed by atoms with Crippen LogP contribution in [0, 0.1) is 11.3 Å². The van der Waals surface area contributed by atoms with Crippen molar-refractivity contribution in [2.45, 2.75) is 77.5 Å². The van der Waals surface area contributed by atoms with Crippen LogP contribution < -0.4 is 0 Å². The fourth-order valence-corrected chi connectivity index (χ4v) is 5.05. The molecule has 1 aromatic carbocycles. The van der Waals surface area contributed by atoms with Gasteiger partial charge in [0, 0.05) is 26.1 Å². The summed E-state index contributed by atoms with van der Waals surface area (Å²) in [7, 11) is 0. The minimum Gasteiger partial charge on any atom is -0.462 e. The molecule has 34 heavy (non-hydrogen) atoms. The second-order valence-corrected chi connectivity index (χ2v) is 10.5. The topological polar surface area (TPSA) is 90.3 Å². The van der Waals surface area contributed by atoms with Gasteiger partial charge >= 0.3 is 5.97 Å². The van der Waals surface area contributed by atoms with E-state index in [9.17, 15) is 19.8 Å². The number of ether oxygens (including phenoxy) is 1. The highest BCUT2D eigenvalue weighted by molar-refractivity contribution is 5.77. The summed E-state index contributed by atoms with van der Waals surface area (Å²) in [5.41, 5.74) is 0.692. The number of esters is 1. The molecule has 7 heteroatoms. The first-order valence-corrected chi connectivity index (χ1v) is 12.9. The summed E-state index contributed by atoms with van der Waals surface area (Å²) in [4.78, 5) is 30.1. The number of rotatable bonds is 4. The summed E-state index contributed by atoms with van der Waals surface area (Å²) < 4.78 is 5.56. The van der Waals surface area contributed by atoms with Gasteiger partial charge in [0.25, 0.3) is 0 Å². The Morgan fingerprint density at radius 1 is 1.03 bits per heavy atom. The molecular weight excluding hydrogens is 432 g/mol. The lowest BCUT2D eigenvalue weighted by Crippen LogP contribution is -2.45. The maximum Gasteiger partial charge on any atom is 0.312 e. The van der Waals surface area contributed by atoms with Gasteiger partial charge in [-0.3, -0.25) is 14.5 Å². The van der Waals surface area contributed by atoms with Gasteiger partial charge in [-0.05, 0) is 56.7 Å². The Morgan fingerprint density at radius 3 is 2.41 bits per heavy atom. The van der Waals surface area contributed by atoms with Crippen molar-refractivity contribution in [3.8, 4) is 0 Å². The summed E-state index contributed by atoms with van der Waals surface area (Å²) in [5.74, 6) is 0.0934. The smallest absolute Gasteiger partial charge is 0.312 e. The number of aliphatic hydroxyl groups excluding tert-OH is 2. The number of hydrogen-bond donors (Lipinski definition) is 2. The van der Waals surface area contributed by atoms with E-state index in [1.54, 1.807) is 0 Å². The van der Waals surface area contributed by atoms with Gasteiger partial charge in [0.15, 0.2) is 0 Å². The normalized spacial score (nSPS) is 25.3. The number of likely N-dealkylation sites (tertiary alicyclic amines) is 1. The molecule has 0 aromatic heterocycles. The van der Waals surface area contributed by atoms with Gasteiger partial charge in [0.05, 0.1) is 11.5 Å². The Balaban J connectivity index is 1.65. The molecule has 1 amide bonds. The molecule has 2 heterocycles. The van der Waals surface area contributed by atoms with Crippen LogP contribution in [0.15, 0.2) is 30.3 Å². The van der Waals surface area contributed by atoms with Gasteiger partial charge in [-0.1, -0.05) is 50.6 Å². The van der Waals surface area contributed by atoms with E-state index in [0.717, 1.165) is 38.9 Å². The monoisotopic (exact) mass is 474 g/mol. The lowest BCUT2D eigenvalue weighted by atomic mass is 9.74.